The van der Waals surface area contributed by atoms with Crippen LogP contribution >= 0.6 is 0 Å². The van der Waals surface area contributed by atoms with E-state index in [-0.39, 0.29) is 5.75 Å². The number of ether oxygens (including phenoxy) is 1. The van der Waals surface area contributed by atoms with Crippen molar-refractivity contribution in [3.8, 4) is 11.5 Å². The standard InChI is InChI=1S/C18H24N2O3/c1-3-5-14-11-15(19-23-14)16-6-4-9-20(16)12-13-7-8-17(21)18(10-13)22-2/h7-8,10-11,16,21H,3-6,9,12H2,1-2H3/t16-/m1/s1. The Morgan fingerprint density at radius 1 is 1.39 bits per heavy atom. The molecule has 2 aromatic rings. The topological polar surface area (TPSA) is 58.7 Å². The van der Waals surface area contributed by atoms with Gasteiger partial charge in [-0.3, -0.25) is 4.90 Å². The Morgan fingerprint density at radius 2 is 2.26 bits per heavy atom. The van der Waals surface area contributed by atoms with Crippen LogP contribution in [0.4, 0.5) is 0 Å². The third-order valence-electron chi connectivity index (χ3n) is 4.41. The van der Waals surface area contributed by atoms with Gasteiger partial charge in [0.25, 0.3) is 0 Å². The highest BCUT2D eigenvalue weighted by molar-refractivity contribution is 5.41. The lowest BCUT2D eigenvalue weighted by Gasteiger charge is -2.23. The van der Waals surface area contributed by atoms with Crippen LogP contribution in [-0.4, -0.2) is 28.8 Å². The number of nitrogens with zero attached hydrogens (tertiary/aromatic N) is 2. The Hall–Kier alpha value is -2.01. The van der Waals surface area contributed by atoms with E-state index in [0.29, 0.717) is 11.8 Å². The number of phenolic OH excluding ortho intramolecular Hbond substituents is 1. The lowest BCUT2D eigenvalue weighted by molar-refractivity contribution is 0.236. The van der Waals surface area contributed by atoms with Crippen molar-refractivity contribution in [2.24, 2.45) is 0 Å². The molecule has 2 heterocycles. The Bertz CT molecular complexity index is 653. The van der Waals surface area contributed by atoms with Crippen LogP contribution in [-0.2, 0) is 13.0 Å². The quantitative estimate of drug-likeness (QED) is 0.881. The number of methoxy groups -OCH3 is 1. The molecule has 0 amide bonds. The van der Waals surface area contributed by atoms with Gasteiger partial charge in [-0.1, -0.05) is 18.1 Å². The Balaban J connectivity index is 1.73. The number of hydrogen-bond acceptors (Lipinski definition) is 5. The second-order valence-corrected chi connectivity index (χ2v) is 6.10. The van der Waals surface area contributed by atoms with Gasteiger partial charge in [0.05, 0.1) is 13.2 Å². The Labute approximate surface area is 136 Å². The zero-order valence-corrected chi connectivity index (χ0v) is 13.8. The maximum Gasteiger partial charge on any atom is 0.160 e. The highest BCUT2D eigenvalue weighted by Crippen LogP contribution is 2.34. The normalized spacial score (nSPS) is 18.4. The lowest BCUT2D eigenvalue weighted by atomic mass is 10.1. The molecule has 0 unspecified atom stereocenters. The first kappa shape index (κ1) is 15.9. The zero-order chi connectivity index (χ0) is 16.2. The van der Waals surface area contributed by atoms with Gasteiger partial charge in [-0.25, -0.2) is 0 Å². The molecule has 5 heteroatoms. The summed E-state index contributed by atoms with van der Waals surface area (Å²) in [6.07, 6.45) is 4.27. The molecule has 124 valence electrons. The number of benzene rings is 1. The molecule has 0 saturated carbocycles. The van der Waals surface area contributed by atoms with Crippen LogP contribution in [0.15, 0.2) is 28.8 Å². The lowest BCUT2D eigenvalue weighted by Crippen LogP contribution is -2.23. The molecular weight excluding hydrogens is 292 g/mol. The average Bonchev–Trinajstić information content (AvgIpc) is 3.18. The van der Waals surface area contributed by atoms with Gasteiger partial charge in [0.15, 0.2) is 11.5 Å². The van der Waals surface area contributed by atoms with Gasteiger partial charge in [-0.2, -0.15) is 0 Å². The summed E-state index contributed by atoms with van der Waals surface area (Å²) < 4.78 is 10.6. The summed E-state index contributed by atoms with van der Waals surface area (Å²) >= 11 is 0. The minimum absolute atomic E-state index is 0.176. The molecule has 1 aliphatic heterocycles. The van der Waals surface area contributed by atoms with Crippen molar-refractivity contribution in [2.75, 3.05) is 13.7 Å². The summed E-state index contributed by atoms with van der Waals surface area (Å²) in [6, 6.07) is 7.94. The van der Waals surface area contributed by atoms with Crippen molar-refractivity contribution in [2.45, 2.75) is 45.2 Å². The molecule has 1 saturated heterocycles. The fourth-order valence-corrected chi connectivity index (χ4v) is 3.26. The zero-order valence-electron chi connectivity index (χ0n) is 13.8. The maximum absolute atomic E-state index is 9.72. The number of rotatable bonds is 6. The van der Waals surface area contributed by atoms with E-state index in [1.165, 1.54) is 0 Å². The number of aryl methyl sites for hydroxylation is 1. The van der Waals surface area contributed by atoms with E-state index < -0.39 is 0 Å². The number of likely N-dealkylation sites (tertiary alicyclic amines) is 1. The van der Waals surface area contributed by atoms with E-state index in [1.807, 2.05) is 12.1 Å². The van der Waals surface area contributed by atoms with Gasteiger partial charge in [-0.05, 0) is 43.5 Å². The van der Waals surface area contributed by atoms with Crippen LogP contribution < -0.4 is 4.74 Å². The minimum Gasteiger partial charge on any atom is -0.504 e. The molecule has 0 radical (unpaired) electrons. The van der Waals surface area contributed by atoms with Gasteiger partial charge < -0.3 is 14.4 Å². The molecule has 3 rings (SSSR count). The van der Waals surface area contributed by atoms with Crippen molar-refractivity contribution in [1.29, 1.82) is 0 Å². The number of phenols is 1. The molecule has 1 aromatic heterocycles. The first-order valence-corrected chi connectivity index (χ1v) is 8.26. The fourth-order valence-electron chi connectivity index (χ4n) is 3.26. The van der Waals surface area contributed by atoms with Crippen molar-refractivity contribution < 1.29 is 14.4 Å². The van der Waals surface area contributed by atoms with E-state index >= 15 is 0 Å². The van der Waals surface area contributed by atoms with Crippen molar-refractivity contribution >= 4 is 0 Å². The monoisotopic (exact) mass is 316 g/mol. The minimum atomic E-state index is 0.176. The highest BCUT2D eigenvalue weighted by atomic mass is 16.5. The molecule has 0 aliphatic carbocycles. The van der Waals surface area contributed by atoms with E-state index in [2.05, 4.69) is 23.0 Å². The first-order valence-electron chi connectivity index (χ1n) is 8.26. The average molecular weight is 316 g/mol. The summed E-state index contributed by atoms with van der Waals surface area (Å²) in [6.45, 7) is 4.00. The molecule has 0 bridgehead atoms. The smallest absolute Gasteiger partial charge is 0.160 e. The van der Waals surface area contributed by atoms with Gasteiger partial charge in [0.2, 0.25) is 0 Å². The SMILES string of the molecule is CCCc1cc([C@H]2CCCN2Cc2ccc(O)c(OC)c2)no1. The maximum atomic E-state index is 9.72. The highest BCUT2D eigenvalue weighted by Gasteiger charge is 2.28. The molecule has 1 N–H and O–H groups in total. The Kier molecular flexibility index (Phi) is 4.86. The summed E-state index contributed by atoms with van der Waals surface area (Å²) in [4.78, 5) is 2.42. The van der Waals surface area contributed by atoms with E-state index in [1.54, 1.807) is 13.2 Å². The van der Waals surface area contributed by atoms with Crippen LogP contribution in [0.2, 0.25) is 0 Å². The van der Waals surface area contributed by atoms with Crippen LogP contribution in [0.25, 0.3) is 0 Å². The second kappa shape index (κ2) is 7.04. The van der Waals surface area contributed by atoms with Crippen molar-refractivity contribution in [1.82, 2.24) is 10.1 Å². The molecule has 5 nitrogen and oxygen atoms in total. The number of aromatic nitrogens is 1. The van der Waals surface area contributed by atoms with E-state index in [9.17, 15) is 5.11 Å². The largest absolute Gasteiger partial charge is 0.504 e. The molecular formula is C18H24N2O3. The van der Waals surface area contributed by atoms with Gasteiger partial charge in [0.1, 0.15) is 11.5 Å². The van der Waals surface area contributed by atoms with Gasteiger partial charge in [-0.15, -0.1) is 0 Å². The molecule has 0 spiro atoms. The Morgan fingerprint density at radius 3 is 3.04 bits per heavy atom. The predicted octanol–water partition coefficient (Wildman–Crippen LogP) is 3.68. The molecule has 1 atom stereocenters. The van der Waals surface area contributed by atoms with Crippen molar-refractivity contribution in [3.05, 3.63) is 41.3 Å². The third-order valence-corrected chi connectivity index (χ3v) is 4.41. The molecule has 1 aliphatic rings. The van der Waals surface area contributed by atoms with Crippen LogP contribution in [0.5, 0.6) is 11.5 Å². The number of aromatic hydroxyl groups is 1. The number of hydrogen-bond donors (Lipinski definition) is 1. The van der Waals surface area contributed by atoms with Crippen molar-refractivity contribution in [3.63, 3.8) is 0 Å². The summed E-state index contributed by atoms with van der Waals surface area (Å²) in [7, 11) is 1.57. The summed E-state index contributed by atoms with van der Waals surface area (Å²) in [5.41, 5.74) is 2.17. The summed E-state index contributed by atoms with van der Waals surface area (Å²) in [5, 5.41) is 14.0. The van der Waals surface area contributed by atoms with E-state index in [0.717, 1.165) is 55.8 Å². The van der Waals surface area contributed by atoms with Crippen LogP contribution in [0, 0.1) is 0 Å². The van der Waals surface area contributed by atoms with Crippen LogP contribution in [0.1, 0.15) is 49.2 Å². The fraction of sp³-hybridized carbons (Fsp3) is 0.500. The van der Waals surface area contributed by atoms with Gasteiger partial charge >= 0.3 is 0 Å². The third kappa shape index (κ3) is 3.50. The second-order valence-electron chi connectivity index (χ2n) is 6.10. The van der Waals surface area contributed by atoms with Crippen LogP contribution in [0.3, 0.4) is 0 Å². The van der Waals surface area contributed by atoms with Gasteiger partial charge in [0, 0.05) is 19.0 Å². The predicted molar refractivity (Wildman–Crippen MR) is 87.5 cm³/mol. The van der Waals surface area contributed by atoms with E-state index in [4.69, 9.17) is 9.26 Å². The first-order chi connectivity index (χ1) is 11.2. The molecule has 23 heavy (non-hydrogen) atoms. The summed E-state index contributed by atoms with van der Waals surface area (Å²) in [5.74, 6) is 1.67. The molecule has 1 aromatic carbocycles. The molecule has 1 fully saturated rings.